The first-order chi connectivity index (χ1) is 7.68. The third-order valence-electron chi connectivity index (χ3n) is 2.40. The maximum Gasteiger partial charge on any atom is 0.127 e. The second-order valence-corrected chi connectivity index (χ2v) is 5.15. The Morgan fingerprint density at radius 3 is 2.44 bits per heavy atom. The molecule has 0 amide bonds. The van der Waals surface area contributed by atoms with E-state index >= 15 is 0 Å². The second kappa shape index (κ2) is 4.88. The third-order valence-corrected chi connectivity index (χ3v) is 3.09. The first kappa shape index (κ1) is 11.5. The Kier molecular flexibility index (Phi) is 3.49. The van der Waals surface area contributed by atoms with E-state index in [4.69, 9.17) is 4.74 Å². The summed E-state index contributed by atoms with van der Waals surface area (Å²) in [6, 6.07) is 12.3. The van der Waals surface area contributed by atoms with E-state index in [2.05, 4.69) is 41.9 Å². The van der Waals surface area contributed by atoms with E-state index in [0.717, 1.165) is 22.2 Å². The summed E-state index contributed by atoms with van der Waals surface area (Å²) in [5.41, 5.74) is 0. The smallest absolute Gasteiger partial charge is 0.127 e. The minimum Gasteiger partial charge on any atom is -0.493 e. The number of rotatable bonds is 3. The van der Waals surface area contributed by atoms with Gasteiger partial charge in [-0.3, -0.25) is 0 Å². The average Bonchev–Trinajstić information content (AvgIpc) is 2.28. The predicted molar refractivity (Wildman–Crippen MR) is 72.0 cm³/mol. The van der Waals surface area contributed by atoms with Crippen molar-refractivity contribution in [1.29, 1.82) is 0 Å². The summed E-state index contributed by atoms with van der Waals surface area (Å²) >= 11 is 3.56. The lowest BCUT2D eigenvalue weighted by atomic mass is 10.1. The predicted octanol–water partition coefficient (Wildman–Crippen LogP) is 4.64. The zero-order valence-electron chi connectivity index (χ0n) is 9.53. The van der Waals surface area contributed by atoms with Gasteiger partial charge >= 0.3 is 0 Å². The highest BCUT2D eigenvalue weighted by Gasteiger charge is 2.05. The van der Waals surface area contributed by atoms with Crippen LogP contribution in [0.5, 0.6) is 5.75 Å². The van der Waals surface area contributed by atoms with Gasteiger partial charge in [-0.25, -0.2) is 0 Å². The fraction of sp³-hybridized carbons (Fsp3) is 0.286. The van der Waals surface area contributed by atoms with Gasteiger partial charge in [0.25, 0.3) is 0 Å². The molecule has 0 spiro atoms. The Labute approximate surface area is 105 Å². The first-order valence-electron chi connectivity index (χ1n) is 5.48. The van der Waals surface area contributed by atoms with E-state index in [1.165, 1.54) is 5.39 Å². The first-order valence-corrected chi connectivity index (χ1v) is 6.28. The van der Waals surface area contributed by atoms with Crippen molar-refractivity contribution < 1.29 is 4.74 Å². The van der Waals surface area contributed by atoms with Crippen LogP contribution in [-0.4, -0.2) is 6.61 Å². The van der Waals surface area contributed by atoms with Crippen LogP contribution in [0.25, 0.3) is 10.8 Å². The summed E-state index contributed by atoms with van der Waals surface area (Å²) < 4.78 is 6.93. The zero-order valence-corrected chi connectivity index (χ0v) is 11.1. The minimum atomic E-state index is 0.544. The molecule has 0 saturated heterocycles. The standard InChI is InChI=1S/C14H15BrO/c1-10(2)9-16-14-8-7-13(15)11-5-3-4-6-12(11)14/h3-8,10H,9H2,1-2H3. The molecule has 2 heteroatoms. The van der Waals surface area contributed by atoms with Crippen molar-refractivity contribution in [2.75, 3.05) is 6.61 Å². The van der Waals surface area contributed by atoms with E-state index in [-0.39, 0.29) is 0 Å². The van der Waals surface area contributed by atoms with Crippen molar-refractivity contribution in [2.24, 2.45) is 5.92 Å². The normalized spacial score (nSPS) is 11.0. The van der Waals surface area contributed by atoms with Gasteiger partial charge in [0.1, 0.15) is 5.75 Å². The maximum absolute atomic E-state index is 5.81. The molecule has 0 heterocycles. The van der Waals surface area contributed by atoms with E-state index in [1.54, 1.807) is 0 Å². The van der Waals surface area contributed by atoms with Crippen molar-refractivity contribution >= 4 is 26.7 Å². The highest BCUT2D eigenvalue weighted by atomic mass is 79.9. The number of ether oxygens (including phenoxy) is 1. The number of halogens is 1. The van der Waals surface area contributed by atoms with Gasteiger partial charge in [0.15, 0.2) is 0 Å². The van der Waals surface area contributed by atoms with Crippen molar-refractivity contribution in [2.45, 2.75) is 13.8 Å². The summed E-state index contributed by atoms with van der Waals surface area (Å²) in [4.78, 5) is 0. The molecule has 0 fully saturated rings. The lowest BCUT2D eigenvalue weighted by molar-refractivity contribution is 0.274. The van der Waals surface area contributed by atoms with Crippen LogP contribution >= 0.6 is 15.9 Å². The monoisotopic (exact) mass is 278 g/mol. The molecular weight excluding hydrogens is 264 g/mol. The summed E-state index contributed by atoms with van der Waals surface area (Å²) in [6.07, 6.45) is 0. The van der Waals surface area contributed by atoms with E-state index < -0.39 is 0 Å². The molecule has 2 rings (SSSR count). The van der Waals surface area contributed by atoms with Gasteiger partial charge in [0.2, 0.25) is 0 Å². The molecule has 0 atom stereocenters. The van der Waals surface area contributed by atoms with Gasteiger partial charge in [0.05, 0.1) is 6.61 Å². The highest BCUT2D eigenvalue weighted by molar-refractivity contribution is 9.10. The molecular formula is C14H15BrO. The van der Waals surface area contributed by atoms with Crippen molar-refractivity contribution in [3.63, 3.8) is 0 Å². The van der Waals surface area contributed by atoms with Crippen LogP contribution in [0.3, 0.4) is 0 Å². The molecule has 0 aliphatic rings. The number of benzene rings is 2. The molecule has 0 N–H and O–H groups in total. The van der Waals surface area contributed by atoms with E-state index in [9.17, 15) is 0 Å². The molecule has 0 bridgehead atoms. The second-order valence-electron chi connectivity index (χ2n) is 4.30. The molecule has 0 unspecified atom stereocenters. The van der Waals surface area contributed by atoms with E-state index in [0.29, 0.717) is 5.92 Å². The van der Waals surface area contributed by atoms with Crippen molar-refractivity contribution in [1.82, 2.24) is 0 Å². The fourth-order valence-electron chi connectivity index (χ4n) is 1.62. The van der Waals surface area contributed by atoms with Crippen LogP contribution < -0.4 is 4.74 Å². The molecule has 0 aromatic heterocycles. The summed E-state index contributed by atoms with van der Waals surface area (Å²) in [5, 5.41) is 2.36. The Morgan fingerprint density at radius 2 is 1.75 bits per heavy atom. The van der Waals surface area contributed by atoms with Crippen LogP contribution in [0, 0.1) is 5.92 Å². The van der Waals surface area contributed by atoms with Crippen LogP contribution in [0.2, 0.25) is 0 Å². The molecule has 2 aromatic rings. The maximum atomic E-state index is 5.81. The topological polar surface area (TPSA) is 9.23 Å². The van der Waals surface area contributed by atoms with Crippen LogP contribution in [0.1, 0.15) is 13.8 Å². The number of hydrogen-bond acceptors (Lipinski definition) is 1. The average molecular weight is 279 g/mol. The fourth-order valence-corrected chi connectivity index (χ4v) is 2.09. The molecule has 0 radical (unpaired) electrons. The van der Waals surface area contributed by atoms with Gasteiger partial charge in [-0.2, -0.15) is 0 Å². The summed E-state index contributed by atoms with van der Waals surface area (Å²) in [5.74, 6) is 1.51. The lowest BCUT2D eigenvalue weighted by Gasteiger charge is -2.12. The molecule has 2 aromatic carbocycles. The van der Waals surface area contributed by atoms with Crippen LogP contribution in [0.15, 0.2) is 40.9 Å². The third kappa shape index (κ3) is 2.38. The largest absolute Gasteiger partial charge is 0.493 e. The Bertz CT molecular complexity index is 491. The van der Waals surface area contributed by atoms with Gasteiger partial charge < -0.3 is 4.74 Å². The zero-order chi connectivity index (χ0) is 11.5. The number of hydrogen-bond donors (Lipinski definition) is 0. The molecule has 1 nitrogen and oxygen atoms in total. The lowest BCUT2D eigenvalue weighted by Crippen LogP contribution is -2.04. The molecule has 0 saturated carbocycles. The highest BCUT2D eigenvalue weighted by Crippen LogP contribution is 2.31. The van der Waals surface area contributed by atoms with Gasteiger partial charge in [-0.1, -0.05) is 54.0 Å². The van der Waals surface area contributed by atoms with Gasteiger partial charge in [0, 0.05) is 9.86 Å². The van der Waals surface area contributed by atoms with Crippen LogP contribution in [0.4, 0.5) is 0 Å². The van der Waals surface area contributed by atoms with Crippen molar-refractivity contribution in [3.05, 3.63) is 40.9 Å². The summed E-state index contributed by atoms with van der Waals surface area (Å²) in [7, 11) is 0. The molecule has 16 heavy (non-hydrogen) atoms. The Balaban J connectivity index is 2.42. The molecule has 0 aliphatic heterocycles. The molecule has 84 valence electrons. The Morgan fingerprint density at radius 1 is 1.06 bits per heavy atom. The van der Waals surface area contributed by atoms with Crippen molar-refractivity contribution in [3.8, 4) is 5.75 Å². The van der Waals surface area contributed by atoms with E-state index in [1.807, 2.05) is 24.3 Å². The SMILES string of the molecule is CC(C)COc1ccc(Br)c2ccccc12. The quantitative estimate of drug-likeness (QED) is 0.795. The van der Waals surface area contributed by atoms with Gasteiger partial charge in [-0.05, 0) is 23.4 Å². The van der Waals surface area contributed by atoms with Crippen LogP contribution in [-0.2, 0) is 0 Å². The van der Waals surface area contributed by atoms with Gasteiger partial charge in [-0.15, -0.1) is 0 Å². The number of fused-ring (bicyclic) bond motifs is 1. The molecule has 0 aliphatic carbocycles. The minimum absolute atomic E-state index is 0.544. The summed E-state index contributed by atoms with van der Waals surface area (Å²) in [6.45, 7) is 5.06. The Hall–Kier alpha value is -1.02.